The second-order valence-electron chi connectivity index (χ2n) is 8.77. The molecule has 0 radical (unpaired) electrons. The molecule has 0 amide bonds. The van der Waals surface area contributed by atoms with Gasteiger partial charge in [0.25, 0.3) is 0 Å². The van der Waals surface area contributed by atoms with Gasteiger partial charge in [0, 0.05) is 40.3 Å². The highest BCUT2D eigenvalue weighted by atomic mass is 32.2. The van der Waals surface area contributed by atoms with E-state index in [1.165, 1.54) is 12.3 Å². The van der Waals surface area contributed by atoms with Gasteiger partial charge < -0.3 is 15.4 Å². The van der Waals surface area contributed by atoms with Crippen molar-refractivity contribution in [2.45, 2.75) is 43.2 Å². The van der Waals surface area contributed by atoms with Gasteiger partial charge in [-0.3, -0.25) is 4.79 Å². The molecule has 2 bridgehead atoms. The Morgan fingerprint density at radius 2 is 2.00 bits per heavy atom. The number of pyridine rings is 1. The van der Waals surface area contributed by atoms with Gasteiger partial charge in [-0.15, -0.1) is 0 Å². The first kappa shape index (κ1) is 19.0. The monoisotopic (exact) mass is 439 g/mol. The maximum Gasteiger partial charge on any atom is 0.308 e. The van der Waals surface area contributed by atoms with Crippen LogP contribution in [0.3, 0.4) is 0 Å². The molecule has 0 spiro atoms. The van der Waals surface area contributed by atoms with E-state index < -0.39 is 11.8 Å². The van der Waals surface area contributed by atoms with Gasteiger partial charge in [0.1, 0.15) is 17.3 Å². The second-order valence-corrected chi connectivity index (χ2v) is 9.76. The minimum Gasteiger partial charge on any atom is -0.481 e. The first-order chi connectivity index (χ1) is 15.1. The maximum absolute atomic E-state index is 13.8. The lowest BCUT2D eigenvalue weighted by Gasteiger charge is -2.47. The van der Waals surface area contributed by atoms with Crippen molar-refractivity contribution in [3.05, 3.63) is 35.5 Å². The van der Waals surface area contributed by atoms with Gasteiger partial charge in [-0.05, 0) is 43.6 Å². The summed E-state index contributed by atoms with van der Waals surface area (Å²) in [6.45, 7) is 0. The van der Waals surface area contributed by atoms with Crippen molar-refractivity contribution in [2.24, 2.45) is 17.8 Å². The smallest absolute Gasteiger partial charge is 0.308 e. The summed E-state index contributed by atoms with van der Waals surface area (Å²) in [6, 6.07) is 1.32. The minimum absolute atomic E-state index is 0.121. The van der Waals surface area contributed by atoms with Crippen molar-refractivity contribution in [1.29, 1.82) is 0 Å². The van der Waals surface area contributed by atoms with E-state index in [0.717, 1.165) is 54.3 Å². The number of carbonyl (C=O) groups is 1. The predicted octanol–water partition coefficient (Wildman–Crippen LogP) is 4.21. The van der Waals surface area contributed by atoms with Gasteiger partial charge in [0.15, 0.2) is 5.82 Å². The Labute approximate surface area is 182 Å². The third-order valence-corrected chi connectivity index (χ3v) is 8.09. The summed E-state index contributed by atoms with van der Waals surface area (Å²) in [7, 11) is 0. The van der Waals surface area contributed by atoms with Crippen molar-refractivity contribution in [1.82, 2.24) is 19.9 Å². The number of anilines is 1. The second kappa shape index (κ2) is 7.19. The predicted molar refractivity (Wildman–Crippen MR) is 116 cm³/mol. The van der Waals surface area contributed by atoms with Crippen LogP contribution in [0.2, 0.25) is 0 Å². The molecule has 9 heteroatoms. The van der Waals surface area contributed by atoms with E-state index in [-0.39, 0.29) is 17.9 Å². The number of aromatic nitrogens is 4. The molecule has 3 fully saturated rings. The minimum atomic E-state index is -0.717. The third kappa shape index (κ3) is 3.09. The van der Waals surface area contributed by atoms with Crippen LogP contribution in [0.5, 0.6) is 0 Å². The molecule has 1 aliphatic heterocycles. The molecular weight excluding hydrogens is 417 g/mol. The number of fused-ring (bicyclic) bond motifs is 5. The zero-order chi connectivity index (χ0) is 21.1. The van der Waals surface area contributed by atoms with E-state index in [9.17, 15) is 14.3 Å². The topological polar surface area (TPSA) is 104 Å². The van der Waals surface area contributed by atoms with Crippen molar-refractivity contribution in [3.63, 3.8) is 0 Å². The molecule has 0 saturated heterocycles. The molecule has 7 nitrogen and oxygen atoms in total. The first-order valence-corrected chi connectivity index (χ1v) is 11.8. The summed E-state index contributed by atoms with van der Waals surface area (Å²) in [6.07, 6.45) is 7.06. The summed E-state index contributed by atoms with van der Waals surface area (Å²) in [5.41, 5.74) is 3.30. The van der Waals surface area contributed by atoms with Crippen LogP contribution in [-0.4, -0.2) is 37.1 Å². The van der Waals surface area contributed by atoms with Crippen LogP contribution >= 0.6 is 11.8 Å². The lowest BCUT2D eigenvalue weighted by molar-refractivity contribution is -0.148. The fourth-order valence-electron chi connectivity index (χ4n) is 5.62. The Balaban J connectivity index is 1.43. The first-order valence-electron chi connectivity index (χ1n) is 10.7. The molecule has 3 N–H and O–H groups in total. The number of nitrogens with one attached hydrogen (secondary N) is 2. The van der Waals surface area contributed by atoms with Crippen molar-refractivity contribution in [2.75, 3.05) is 5.32 Å². The number of nitrogens with zero attached hydrogens (tertiary/aromatic N) is 3. The molecule has 0 unspecified atom stereocenters. The summed E-state index contributed by atoms with van der Waals surface area (Å²) in [5.74, 6) is 1.89. The molecule has 3 aliphatic carbocycles. The highest BCUT2D eigenvalue weighted by Crippen LogP contribution is 2.47. The van der Waals surface area contributed by atoms with E-state index in [4.69, 9.17) is 9.97 Å². The normalized spacial score (nSPS) is 26.9. The van der Waals surface area contributed by atoms with Crippen LogP contribution < -0.4 is 5.32 Å². The fraction of sp³-hybridized carbons (Fsp3) is 0.455. The SMILES string of the molecule is O=C(O)[C@H]1C2CCC(CC2)[C@@H]1Nc1nc(-c2c[nH]c3ncc(F)cc23)nc2c1CSC2. The van der Waals surface area contributed by atoms with Gasteiger partial charge >= 0.3 is 5.97 Å². The molecule has 3 aromatic heterocycles. The van der Waals surface area contributed by atoms with Crippen LogP contribution in [-0.2, 0) is 16.3 Å². The van der Waals surface area contributed by atoms with Gasteiger partial charge in [-0.25, -0.2) is 19.3 Å². The van der Waals surface area contributed by atoms with Crippen LogP contribution in [0.4, 0.5) is 10.2 Å². The Morgan fingerprint density at radius 3 is 2.81 bits per heavy atom. The number of aliphatic carboxylic acids is 1. The molecule has 7 rings (SSSR count). The van der Waals surface area contributed by atoms with E-state index >= 15 is 0 Å². The highest BCUT2D eigenvalue weighted by molar-refractivity contribution is 7.98. The fourth-order valence-corrected chi connectivity index (χ4v) is 6.67. The Hall–Kier alpha value is -2.68. The molecule has 4 aliphatic rings. The number of H-pyrrole nitrogens is 1. The largest absolute Gasteiger partial charge is 0.481 e. The van der Waals surface area contributed by atoms with Gasteiger partial charge in [0.2, 0.25) is 0 Å². The van der Waals surface area contributed by atoms with Crippen molar-refractivity contribution >= 4 is 34.6 Å². The van der Waals surface area contributed by atoms with E-state index in [1.807, 2.05) is 0 Å². The van der Waals surface area contributed by atoms with Crippen LogP contribution in [0.25, 0.3) is 22.4 Å². The van der Waals surface area contributed by atoms with Crippen LogP contribution in [0.15, 0.2) is 18.5 Å². The van der Waals surface area contributed by atoms with Gasteiger partial charge in [-0.2, -0.15) is 11.8 Å². The summed E-state index contributed by atoms with van der Waals surface area (Å²) < 4.78 is 13.8. The summed E-state index contributed by atoms with van der Waals surface area (Å²) in [5, 5.41) is 14.1. The summed E-state index contributed by atoms with van der Waals surface area (Å²) in [4.78, 5) is 28.9. The Bertz CT molecular complexity index is 1190. The average molecular weight is 440 g/mol. The Morgan fingerprint density at radius 1 is 1.19 bits per heavy atom. The molecule has 0 aromatic carbocycles. The van der Waals surface area contributed by atoms with Crippen LogP contribution in [0.1, 0.15) is 36.9 Å². The summed E-state index contributed by atoms with van der Waals surface area (Å²) >= 11 is 1.77. The maximum atomic E-state index is 13.8. The number of hydrogen-bond donors (Lipinski definition) is 3. The number of carboxylic acid groups (broad SMARTS) is 1. The number of rotatable bonds is 4. The molecule has 160 valence electrons. The standard InChI is InChI=1S/C22H22FN5O2S/c23-12-5-13-14(7-25-19(13)24-6-12)20-26-16-9-31-8-15(16)21(28-20)27-18-11-3-1-10(2-4-11)17(18)22(29)30/h5-7,10-11,17-18H,1-4,8-9H2,(H,24,25)(H,29,30)(H,26,27,28)/t10?,11?,17-,18-/m0/s1. The zero-order valence-electron chi connectivity index (χ0n) is 16.8. The number of halogens is 1. The van der Waals surface area contributed by atoms with E-state index in [2.05, 4.69) is 15.3 Å². The lowest BCUT2D eigenvalue weighted by Crippen LogP contribution is -2.51. The number of carboxylic acids is 1. The molecular formula is C22H22FN5O2S. The molecule has 4 heterocycles. The highest BCUT2D eigenvalue weighted by Gasteiger charge is 2.47. The van der Waals surface area contributed by atoms with Gasteiger partial charge in [0.05, 0.1) is 17.8 Å². The molecule has 31 heavy (non-hydrogen) atoms. The third-order valence-electron chi connectivity index (χ3n) is 7.12. The van der Waals surface area contributed by atoms with Crippen molar-refractivity contribution < 1.29 is 14.3 Å². The Kier molecular flexibility index (Phi) is 4.41. The lowest BCUT2D eigenvalue weighted by atomic mass is 9.61. The number of hydrogen-bond acceptors (Lipinski definition) is 6. The number of aromatic amines is 1. The average Bonchev–Trinajstić information content (AvgIpc) is 3.41. The quantitative estimate of drug-likeness (QED) is 0.559. The number of thioether (sulfide) groups is 1. The van der Waals surface area contributed by atoms with Crippen molar-refractivity contribution in [3.8, 4) is 11.4 Å². The molecule has 3 saturated carbocycles. The molecule has 2 atom stereocenters. The van der Waals surface area contributed by atoms with E-state index in [1.54, 1.807) is 18.0 Å². The van der Waals surface area contributed by atoms with Gasteiger partial charge in [-0.1, -0.05) is 0 Å². The van der Waals surface area contributed by atoms with E-state index in [0.29, 0.717) is 28.3 Å². The van der Waals surface area contributed by atoms with Crippen LogP contribution in [0, 0.1) is 23.6 Å². The molecule has 3 aromatic rings. The zero-order valence-corrected chi connectivity index (χ0v) is 17.6.